The molecule has 0 aliphatic carbocycles. The first-order chi connectivity index (χ1) is 8.62. The van der Waals surface area contributed by atoms with Crippen LogP contribution >= 0.6 is 15.9 Å². The Labute approximate surface area is 116 Å². The van der Waals surface area contributed by atoms with Gasteiger partial charge in [0.25, 0.3) is 0 Å². The van der Waals surface area contributed by atoms with E-state index in [-0.39, 0.29) is 16.1 Å². The number of nitrogens with one attached hydrogen (secondary N) is 1. The molecule has 0 radical (unpaired) electrons. The third kappa shape index (κ3) is 4.12. The SMILES string of the molecule is CC(C)C(Nc1ccc(Br)c(C(F)(F)F)c1)C(=O)O. The van der Waals surface area contributed by atoms with Crippen LogP contribution in [0.1, 0.15) is 19.4 Å². The molecule has 1 unspecified atom stereocenters. The van der Waals surface area contributed by atoms with Gasteiger partial charge < -0.3 is 10.4 Å². The van der Waals surface area contributed by atoms with Gasteiger partial charge in [0, 0.05) is 10.2 Å². The van der Waals surface area contributed by atoms with Crippen LogP contribution < -0.4 is 5.32 Å². The Kier molecular flexibility index (Phi) is 4.84. The van der Waals surface area contributed by atoms with Gasteiger partial charge in [0.05, 0.1) is 5.56 Å². The van der Waals surface area contributed by atoms with E-state index in [2.05, 4.69) is 21.2 Å². The van der Waals surface area contributed by atoms with Gasteiger partial charge in [0.2, 0.25) is 0 Å². The van der Waals surface area contributed by atoms with E-state index in [0.717, 1.165) is 6.07 Å². The largest absolute Gasteiger partial charge is 0.480 e. The van der Waals surface area contributed by atoms with Crippen LogP contribution in [-0.4, -0.2) is 17.1 Å². The predicted octanol–water partition coefficient (Wildman–Crippen LogP) is 3.99. The Hall–Kier alpha value is -1.24. The zero-order valence-electron chi connectivity index (χ0n) is 10.3. The van der Waals surface area contributed by atoms with E-state index in [9.17, 15) is 18.0 Å². The lowest BCUT2D eigenvalue weighted by Gasteiger charge is -2.20. The number of aliphatic carboxylic acids is 1. The summed E-state index contributed by atoms with van der Waals surface area (Å²) >= 11 is 2.83. The highest BCUT2D eigenvalue weighted by Gasteiger charge is 2.33. The van der Waals surface area contributed by atoms with Crippen LogP contribution in [0.3, 0.4) is 0 Å². The molecule has 0 saturated carbocycles. The van der Waals surface area contributed by atoms with Crippen molar-refractivity contribution < 1.29 is 23.1 Å². The first kappa shape index (κ1) is 15.8. The number of hydrogen-bond donors (Lipinski definition) is 2. The topological polar surface area (TPSA) is 49.3 Å². The molecule has 0 spiro atoms. The molecule has 0 bridgehead atoms. The van der Waals surface area contributed by atoms with Crippen molar-refractivity contribution >= 4 is 27.6 Å². The molecule has 0 aliphatic heterocycles. The van der Waals surface area contributed by atoms with Crippen molar-refractivity contribution in [2.75, 3.05) is 5.32 Å². The zero-order chi connectivity index (χ0) is 14.8. The minimum Gasteiger partial charge on any atom is -0.480 e. The number of carboxylic acid groups (broad SMARTS) is 1. The van der Waals surface area contributed by atoms with Crippen LogP contribution in [0.5, 0.6) is 0 Å². The summed E-state index contributed by atoms with van der Waals surface area (Å²) in [7, 11) is 0. The van der Waals surface area contributed by atoms with E-state index in [0.29, 0.717) is 0 Å². The Morgan fingerprint density at radius 3 is 2.37 bits per heavy atom. The van der Waals surface area contributed by atoms with Gasteiger partial charge in [-0.25, -0.2) is 4.79 Å². The Bertz CT molecular complexity index is 475. The lowest BCUT2D eigenvalue weighted by atomic mass is 10.0. The molecule has 0 saturated heterocycles. The molecular formula is C12H13BrF3NO2. The molecule has 2 N–H and O–H groups in total. The van der Waals surface area contributed by atoms with Crippen molar-refractivity contribution in [2.24, 2.45) is 5.92 Å². The molecule has 106 valence electrons. The van der Waals surface area contributed by atoms with Gasteiger partial charge in [-0.3, -0.25) is 0 Å². The van der Waals surface area contributed by atoms with Crippen LogP contribution in [0.15, 0.2) is 22.7 Å². The molecule has 1 aromatic carbocycles. The lowest BCUT2D eigenvalue weighted by Crippen LogP contribution is -2.34. The van der Waals surface area contributed by atoms with E-state index in [1.165, 1.54) is 12.1 Å². The molecular weight excluding hydrogens is 327 g/mol. The molecule has 0 aromatic heterocycles. The number of benzene rings is 1. The van der Waals surface area contributed by atoms with Gasteiger partial charge in [-0.2, -0.15) is 13.2 Å². The van der Waals surface area contributed by atoms with Crippen molar-refractivity contribution in [3.8, 4) is 0 Å². The summed E-state index contributed by atoms with van der Waals surface area (Å²) in [4.78, 5) is 11.0. The third-order valence-electron chi connectivity index (χ3n) is 2.53. The molecule has 1 atom stereocenters. The zero-order valence-corrected chi connectivity index (χ0v) is 11.8. The third-order valence-corrected chi connectivity index (χ3v) is 3.22. The average molecular weight is 340 g/mol. The average Bonchev–Trinajstić information content (AvgIpc) is 2.25. The Balaban J connectivity index is 3.06. The van der Waals surface area contributed by atoms with Gasteiger partial charge in [-0.15, -0.1) is 0 Å². The fourth-order valence-electron chi connectivity index (χ4n) is 1.53. The number of alkyl halides is 3. The van der Waals surface area contributed by atoms with Gasteiger partial charge in [0.15, 0.2) is 0 Å². The van der Waals surface area contributed by atoms with Crippen LogP contribution in [0.2, 0.25) is 0 Å². The highest BCUT2D eigenvalue weighted by molar-refractivity contribution is 9.10. The molecule has 0 amide bonds. The second kappa shape index (κ2) is 5.81. The summed E-state index contributed by atoms with van der Waals surface area (Å²) < 4.78 is 38.0. The number of carbonyl (C=O) groups is 1. The Morgan fingerprint density at radius 1 is 1.37 bits per heavy atom. The maximum Gasteiger partial charge on any atom is 0.417 e. The minimum absolute atomic E-state index is 0.0815. The van der Waals surface area contributed by atoms with Gasteiger partial charge in [0.1, 0.15) is 6.04 Å². The molecule has 0 fully saturated rings. The van der Waals surface area contributed by atoms with Crippen LogP contribution in [-0.2, 0) is 11.0 Å². The molecule has 3 nitrogen and oxygen atoms in total. The summed E-state index contributed by atoms with van der Waals surface area (Å²) in [5, 5.41) is 11.6. The van der Waals surface area contributed by atoms with E-state index in [1.807, 2.05) is 0 Å². The van der Waals surface area contributed by atoms with Gasteiger partial charge in [-0.1, -0.05) is 29.8 Å². The fourth-order valence-corrected chi connectivity index (χ4v) is 2.00. The first-order valence-corrected chi connectivity index (χ1v) is 6.28. The van der Waals surface area contributed by atoms with Crippen molar-refractivity contribution in [3.63, 3.8) is 0 Å². The molecule has 1 rings (SSSR count). The molecule has 0 heterocycles. The predicted molar refractivity (Wildman–Crippen MR) is 69.0 cm³/mol. The van der Waals surface area contributed by atoms with Crippen molar-refractivity contribution in [3.05, 3.63) is 28.2 Å². The van der Waals surface area contributed by atoms with Crippen LogP contribution in [0, 0.1) is 5.92 Å². The van der Waals surface area contributed by atoms with E-state index in [4.69, 9.17) is 5.11 Å². The van der Waals surface area contributed by atoms with Crippen molar-refractivity contribution in [1.29, 1.82) is 0 Å². The molecule has 7 heteroatoms. The van der Waals surface area contributed by atoms with Gasteiger partial charge >= 0.3 is 12.1 Å². The van der Waals surface area contributed by atoms with Crippen LogP contribution in [0.25, 0.3) is 0 Å². The minimum atomic E-state index is -4.49. The number of anilines is 1. The maximum absolute atomic E-state index is 12.7. The Morgan fingerprint density at radius 2 is 1.95 bits per heavy atom. The summed E-state index contributed by atoms with van der Waals surface area (Å²) in [5.41, 5.74) is -0.720. The highest BCUT2D eigenvalue weighted by atomic mass is 79.9. The number of rotatable bonds is 4. The van der Waals surface area contributed by atoms with Gasteiger partial charge in [-0.05, 0) is 24.1 Å². The summed E-state index contributed by atoms with van der Waals surface area (Å²) in [6.07, 6.45) is -4.49. The number of hydrogen-bond acceptors (Lipinski definition) is 2. The monoisotopic (exact) mass is 339 g/mol. The van der Waals surface area contributed by atoms with Crippen LogP contribution in [0.4, 0.5) is 18.9 Å². The van der Waals surface area contributed by atoms with E-state index >= 15 is 0 Å². The molecule has 1 aromatic rings. The second-order valence-corrected chi connectivity index (χ2v) is 5.25. The normalized spacial score (nSPS) is 13.4. The van der Waals surface area contributed by atoms with E-state index in [1.54, 1.807) is 13.8 Å². The number of carboxylic acids is 1. The highest BCUT2D eigenvalue weighted by Crippen LogP contribution is 2.36. The maximum atomic E-state index is 12.7. The summed E-state index contributed by atoms with van der Waals surface area (Å²) in [6, 6.07) is 2.59. The standard InChI is InChI=1S/C12H13BrF3NO2/c1-6(2)10(11(18)19)17-7-3-4-9(13)8(5-7)12(14,15)16/h3-6,10,17H,1-2H3,(H,18,19). The number of halogens is 4. The molecule has 0 aliphatic rings. The van der Waals surface area contributed by atoms with E-state index < -0.39 is 23.8 Å². The summed E-state index contributed by atoms with van der Waals surface area (Å²) in [5.74, 6) is -1.36. The van der Waals surface area contributed by atoms with Crippen molar-refractivity contribution in [1.82, 2.24) is 0 Å². The molecule has 19 heavy (non-hydrogen) atoms. The van der Waals surface area contributed by atoms with Crippen molar-refractivity contribution in [2.45, 2.75) is 26.1 Å². The second-order valence-electron chi connectivity index (χ2n) is 4.40. The quantitative estimate of drug-likeness (QED) is 0.871. The summed E-state index contributed by atoms with van der Waals surface area (Å²) in [6.45, 7) is 3.35. The first-order valence-electron chi connectivity index (χ1n) is 5.49. The fraction of sp³-hybridized carbons (Fsp3) is 0.417. The smallest absolute Gasteiger partial charge is 0.417 e. The lowest BCUT2D eigenvalue weighted by molar-refractivity contribution is -0.139.